The van der Waals surface area contributed by atoms with E-state index in [-0.39, 0.29) is 0 Å². The fourth-order valence-corrected chi connectivity index (χ4v) is 5.15. The van der Waals surface area contributed by atoms with Crippen molar-refractivity contribution in [1.82, 2.24) is 20.4 Å². The van der Waals surface area contributed by atoms with Gasteiger partial charge in [0.05, 0.1) is 6.20 Å². The third kappa shape index (κ3) is 3.42. The molecule has 0 atom stereocenters. The van der Waals surface area contributed by atoms with Crippen LogP contribution in [0.3, 0.4) is 0 Å². The fraction of sp³-hybridized carbons (Fsp3) is 0.750. The molecule has 122 valence electrons. The van der Waals surface area contributed by atoms with Gasteiger partial charge < -0.3 is 10.2 Å². The summed E-state index contributed by atoms with van der Waals surface area (Å²) in [6.45, 7) is 5.07. The quantitative estimate of drug-likeness (QED) is 0.649. The Morgan fingerprint density at radius 2 is 2.27 bits per heavy atom. The summed E-state index contributed by atoms with van der Waals surface area (Å²) in [4.78, 5) is 6.97. The molecule has 1 aliphatic carbocycles. The van der Waals surface area contributed by atoms with Gasteiger partial charge in [-0.05, 0) is 19.8 Å². The van der Waals surface area contributed by atoms with Crippen molar-refractivity contribution in [3.05, 3.63) is 17.5 Å². The number of aryl methyl sites for hydroxylation is 1. The average Bonchev–Trinajstić information content (AvgIpc) is 2.94. The first-order chi connectivity index (χ1) is 10.7. The number of hydrogen-bond donors (Lipinski definition) is 2. The first-order valence-corrected chi connectivity index (χ1v) is 9.29. The molecule has 6 heteroatoms. The zero-order chi connectivity index (χ0) is 15.4. The molecule has 1 saturated heterocycles. The topological polar surface area (TPSA) is 56.3 Å². The highest BCUT2D eigenvalue weighted by molar-refractivity contribution is 8.00. The zero-order valence-corrected chi connectivity index (χ0v) is 14.5. The lowest BCUT2D eigenvalue weighted by Gasteiger charge is -2.45. The molecule has 2 fully saturated rings. The summed E-state index contributed by atoms with van der Waals surface area (Å²) in [5.41, 5.74) is 2.33. The molecule has 5 nitrogen and oxygen atoms in total. The molecule has 1 aromatic heterocycles. The summed E-state index contributed by atoms with van der Waals surface area (Å²) in [6, 6.07) is 0. The highest BCUT2D eigenvalue weighted by Gasteiger charge is 2.38. The van der Waals surface area contributed by atoms with Gasteiger partial charge in [-0.3, -0.25) is 10.1 Å². The van der Waals surface area contributed by atoms with Crippen LogP contribution >= 0.6 is 11.8 Å². The highest BCUT2D eigenvalue weighted by atomic mass is 32.2. The number of hydrogen-bond acceptors (Lipinski definition) is 3. The number of nitrogens with zero attached hydrogens (tertiary/aromatic N) is 3. The normalized spacial score (nSPS) is 22.1. The second-order valence-electron chi connectivity index (χ2n) is 6.43. The molecule has 3 rings (SSSR count). The Kier molecular flexibility index (Phi) is 4.96. The second kappa shape index (κ2) is 6.94. The van der Waals surface area contributed by atoms with Crippen molar-refractivity contribution < 1.29 is 0 Å². The minimum atomic E-state index is 0.472. The summed E-state index contributed by atoms with van der Waals surface area (Å²) in [5.74, 6) is 2.25. The maximum atomic E-state index is 4.51. The molecule has 1 spiro atoms. The van der Waals surface area contributed by atoms with Crippen LogP contribution in [-0.2, 0) is 6.54 Å². The smallest absolute Gasteiger partial charge is 0.193 e. The number of thioether (sulfide) groups is 1. The highest BCUT2D eigenvalue weighted by Crippen LogP contribution is 2.42. The van der Waals surface area contributed by atoms with Gasteiger partial charge in [0.1, 0.15) is 0 Å². The van der Waals surface area contributed by atoms with Crippen LogP contribution in [0.2, 0.25) is 0 Å². The number of H-pyrrole nitrogens is 1. The van der Waals surface area contributed by atoms with Crippen molar-refractivity contribution in [2.45, 2.75) is 50.3 Å². The summed E-state index contributed by atoms with van der Waals surface area (Å²) < 4.78 is 0.472. The Bertz CT molecular complexity index is 513. The minimum Gasteiger partial charge on any atom is -0.352 e. The molecule has 0 amide bonds. The number of aliphatic imine (C=N–C) groups is 1. The molecule has 0 aromatic carbocycles. The van der Waals surface area contributed by atoms with Crippen LogP contribution in [0.15, 0.2) is 11.2 Å². The van der Waals surface area contributed by atoms with E-state index < -0.39 is 0 Å². The van der Waals surface area contributed by atoms with E-state index in [1.54, 1.807) is 0 Å². The summed E-state index contributed by atoms with van der Waals surface area (Å²) in [6.07, 6.45) is 8.82. The number of nitrogens with one attached hydrogen (secondary N) is 2. The van der Waals surface area contributed by atoms with Gasteiger partial charge in [0, 0.05) is 48.4 Å². The Labute approximate surface area is 137 Å². The second-order valence-corrected chi connectivity index (χ2v) is 8.00. The molecule has 0 unspecified atom stereocenters. The van der Waals surface area contributed by atoms with Crippen LogP contribution in [0.5, 0.6) is 0 Å². The van der Waals surface area contributed by atoms with E-state index in [1.807, 2.05) is 13.2 Å². The van der Waals surface area contributed by atoms with Crippen LogP contribution in [0.4, 0.5) is 0 Å². The van der Waals surface area contributed by atoms with Gasteiger partial charge in [-0.2, -0.15) is 16.9 Å². The van der Waals surface area contributed by atoms with Gasteiger partial charge in [-0.15, -0.1) is 0 Å². The summed E-state index contributed by atoms with van der Waals surface area (Å²) in [7, 11) is 1.89. The largest absolute Gasteiger partial charge is 0.352 e. The van der Waals surface area contributed by atoms with Crippen LogP contribution in [0.1, 0.15) is 43.4 Å². The van der Waals surface area contributed by atoms with Crippen molar-refractivity contribution in [2.24, 2.45) is 4.99 Å². The first kappa shape index (κ1) is 15.7. The first-order valence-electron chi connectivity index (χ1n) is 8.31. The summed E-state index contributed by atoms with van der Waals surface area (Å²) >= 11 is 2.20. The minimum absolute atomic E-state index is 0.472. The van der Waals surface area contributed by atoms with E-state index >= 15 is 0 Å². The maximum absolute atomic E-state index is 4.51. The predicted octanol–water partition coefficient (Wildman–Crippen LogP) is 2.55. The Morgan fingerprint density at radius 3 is 2.95 bits per heavy atom. The van der Waals surface area contributed by atoms with Crippen LogP contribution < -0.4 is 5.32 Å². The van der Waals surface area contributed by atoms with Crippen molar-refractivity contribution in [3.63, 3.8) is 0 Å². The molecule has 2 aliphatic rings. The molecule has 1 aliphatic heterocycles. The average molecular weight is 321 g/mol. The van der Waals surface area contributed by atoms with Gasteiger partial charge in [0.2, 0.25) is 0 Å². The molecule has 22 heavy (non-hydrogen) atoms. The lowest BCUT2D eigenvalue weighted by molar-refractivity contribution is 0.293. The third-order valence-electron chi connectivity index (χ3n) is 4.90. The SMILES string of the molecule is CN=C(NCc1cn[nH]c1C)N1CCSC2(CCCCC2)C1. The molecule has 2 heterocycles. The van der Waals surface area contributed by atoms with Gasteiger partial charge in [0.15, 0.2) is 5.96 Å². The van der Waals surface area contributed by atoms with E-state index in [9.17, 15) is 0 Å². The van der Waals surface area contributed by atoms with Gasteiger partial charge in [-0.25, -0.2) is 0 Å². The van der Waals surface area contributed by atoms with Gasteiger partial charge >= 0.3 is 0 Å². The maximum Gasteiger partial charge on any atom is 0.193 e. The van der Waals surface area contributed by atoms with Crippen LogP contribution in [0.25, 0.3) is 0 Å². The van der Waals surface area contributed by atoms with Crippen LogP contribution in [-0.4, -0.2) is 51.7 Å². The Hall–Kier alpha value is -1.17. The van der Waals surface area contributed by atoms with E-state index in [2.05, 4.69) is 44.1 Å². The molecule has 1 saturated carbocycles. The van der Waals surface area contributed by atoms with E-state index in [0.29, 0.717) is 4.75 Å². The lowest BCUT2D eigenvalue weighted by Crippen LogP contribution is -2.53. The molecule has 1 aromatic rings. The molecular formula is C16H27N5S. The van der Waals surface area contributed by atoms with E-state index in [1.165, 1.54) is 43.4 Å². The monoisotopic (exact) mass is 321 g/mol. The molecule has 2 N–H and O–H groups in total. The van der Waals surface area contributed by atoms with E-state index in [0.717, 1.165) is 31.3 Å². The van der Waals surface area contributed by atoms with Gasteiger partial charge in [0.25, 0.3) is 0 Å². The van der Waals surface area contributed by atoms with Gasteiger partial charge in [-0.1, -0.05) is 19.3 Å². The van der Waals surface area contributed by atoms with Crippen LogP contribution in [0, 0.1) is 6.92 Å². The fourth-order valence-electron chi connectivity index (χ4n) is 3.58. The predicted molar refractivity (Wildman–Crippen MR) is 93.4 cm³/mol. The molecule has 0 bridgehead atoms. The van der Waals surface area contributed by atoms with Crippen molar-refractivity contribution in [1.29, 1.82) is 0 Å². The Morgan fingerprint density at radius 1 is 1.45 bits per heavy atom. The van der Waals surface area contributed by atoms with E-state index in [4.69, 9.17) is 0 Å². The third-order valence-corrected chi connectivity index (χ3v) is 6.43. The van der Waals surface area contributed by atoms with Crippen molar-refractivity contribution in [2.75, 3.05) is 25.9 Å². The Balaban J connectivity index is 1.62. The lowest BCUT2D eigenvalue weighted by atomic mass is 9.87. The number of aromatic nitrogens is 2. The standard InChI is InChI=1S/C16H27N5S/c1-13-14(11-19-20-13)10-18-15(17-2)21-8-9-22-16(12-21)6-4-3-5-7-16/h11H,3-10,12H2,1-2H3,(H,17,18)(H,19,20). The number of aromatic amines is 1. The van der Waals surface area contributed by atoms with Crippen molar-refractivity contribution in [3.8, 4) is 0 Å². The number of guanidine groups is 1. The van der Waals surface area contributed by atoms with Crippen molar-refractivity contribution >= 4 is 17.7 Å². The zero-order valence-electron chi connectivity index (χ0n) is 13.7. The summed E-state index contributed by atoms with van der Waals surface area (Å²) in [5, 5.41) is 10.6. The number of rotatable bonds is 2. The molecular weight excluding hydrogens is 294 g/mol. The molecule has 0 radical (unpaired) electrons.